The van der Waals surface area contributed by atoms with Crippen LogP contribution in [-0.2, 0) is 9.53 Å². The lowest BCUT2D eigenvalue weighted by atomic mass is 10.2. The predicted molar refractivity (Wildman–Crippen MR) is 135 cm³/mol. The molecule has 36 heavy (non-hydrogen) atoms. The number of carbonyl (C=O) groups is 1. The third-order valence-electron chi connectivity index (χ3n) is 5.50. The van der Waals surface area contributed by atoms with Gasteiger partial charge in [0.1, 0.15) is 5.58 Å². The monoisotopic (exact) mass is 483 g/mol. The molecule has 0 fully saturated rings. The van der Waals surface area contributed by atoms with E-state index in [1.165, 1.54) is 25.1 Å². The summed E-state index contributed by atoms with van der Waals surface area (Å²) in [5.41, 5.74) is 1.30. The average molecular weight is 483 g/mol. The van der Waals surface area contributed by atoms with Crippen LogP contribution in [0.5, 0.6) is 11.5 Å². The van der Waals surface area contributed by atoms with Gasteiger partial charge in [0.2, 0.25) is 5.82 Å². The molecule has 0 saturated carbocycles. The number of esters is 1. The van der Waals surface area contributed by atoms with Gasteiger partial charge in [-0.3, -0.25) is 4.79 Å². The first-order chi connectivity index (χ1) is 17.6. The van der Waals surface area contributed by atoms with Gasteiger partial charge < -0.3 is 18.6 Å². The van der Waals surface area contributed by atoms with Gasteiger partial charge in [0.25, 0.3) is 5.56 Å². The van der Waals surface area contributed by atoms with Gasteiger partial charge in [0.15, 0.2) is 23.9 Å². The van der Waals surface area contributed by atoms with Crippen LogP contribution in [0.4, 0.5) is 0 Å². The zero-order chi connectivity index (χ0) is 25.1. The van der Waals surface area contributed by atoms with Crippen molar-refractivity contribution < 1.29 is 23.4 Å². The largest absolute Gasteiger partial charge is 0.493 e. The van der Waals surface area contributed by atoms with Crippen LogP contribution in [0.3, 0.4) is 0 Å². The normalized spacial score (nSPS) is 11.3. The smallest absolute Gasteiger partial charge is 0.343 e. The molecule has 0 spiro atoms. The van der Waals surface area contributed by atoms with Crippen molar-refractivity contribution in [1.29, 1.82) is 0 Å². The molecule has 0 aliphatic heterocycles. The molecule has 0 saturated heterocycles. The van der Waals surface area contributed by atoms with Crippen molar-refractivity contribution in [3.8, 4) is 23.1 Å². The fourth-order valence-electron chi connectivity index (χ4n) is 3.74. The van der Waals surface area contributed by atoms with E-state index in [-0.39, 0.29) is 23.7 Å². The van der Waals surface area contributed by atoms with Crippen LogP contribution in [0.2, 0.25) is 0 Å². The molecule has 2 heterocycles. The highest BCUT2D eigenvalue weighted by atomic mass is 16.6. The Morgan fingerprint density at radius 3 is 2.67 bits per heavy atom. The van der Waals surface area contributed by atoms with Crippen molar-refractivity contribution in [2.75, 3.05) is 20.8 Å². The number of rotatable bonds is 7. The summed E-state index contributed by atoms with van der Waals surface area (Å²) in [6, 6.07) is 21.5. The van der Waals surface area contributed by atoms with Crippen molar-refractivity contribution in [2.45, 2.75) is 0 Å². The maximum Gasteiger partial charge on any atom is 0.343 e. The molecule has 0 N–H and O–H groups in total. The number of carbonyl (C=O) groups excluding carboxylic acids is 1. The summed E-state index contributed by atoms with van der Waals surface area (Å²) in [5.74, 6) is 0.756. The Labute approximate surface area is 205 Å². The Bertz CT molecular complexity index is 1630. The fourth-order valence-corrected chi connectivity index (χ4v) is 3.74. The third kappa shape index (κ3) is 4.29. The first kappa shape index (κ1) is 22.9. The van der Waals surface area contributed by atoms with E-state index in [2.05, 4.69) is 14.8 Å². The highest BCUT2D eigenvalue weighted by Gasteiger charge is 2.17. The molecule has 0 aliphatic rings. The van der Waals surface area contributed by atoms with Crippen molar-refractivity contribution in [3.05, 3.63) is 88.7 Å². The summed E-state index contributed by atoms with van der Waals surface area (Å²) >= 11 is 0. The lowest BCUT2D eigenvalue weighted by Gasteiger charge is -2.12. The summed E-state index contributed by atoms with van der Waals surface area (Å²) < 4.78 is 22.9. The molecule has 5 aromatic rings. The molecule has 180 valence electrons. The highest BCUT2D eigenvalue weighted by molar-refractivity contribution is 5.87. The van der Waals surface area contributed by atoms with Crippen molar-refractivity contribution in [1.82, 2.24) is 9.66 Å². The number of aromatic nitrogens is 2. The number of methoxy groups -OCH3 is 2. The second-order valence-corrected chi connectivity index (χ2v) is 7.71. The Kier molecular flexibility index (Phi) is 6.19. The highest BCUT2D eigenvalue weighted by Crippen LogP contribution is 2.31. The number of hydrogen-bond donors (Lipinski definition) is 0. The zero-order valence-electron chi connectivity index (χ0n) is 19.5. The molecule has 5 rings (SSSR count). The van der Waals surface area contributed by atoms with E-state index in [0.29, 0.717) is 33.6 Å². The molecule has 0 unspecified atom stereocenters. The molecule has 0 aliphatic carbocycles. The maximum atomic E-state index is 13.5. The molecule has 0 radical (unpaired) electrons. The minimum atomic E-state index is -0.550. The van der Waals surface area contributed by atoms with E-state index in [1.807, 2.05) is 36.4 Å². The molecule has 0 amide bonds. The number of nitrogens with zero attached hydrogens (tertiary/aromatic N) is 3. The molecule has 0 atom stereocenters. The van der Waals surface area contributed by atoms with E-state index >= 15 is 0 Å². The van der Waals surface area contributed by atoms with Gasteiger partial charge in [-0.2, -0.15) is 9.78 Å². The van der Waals surface area contributed by atoms with Gasteiger partial charge in [-0.05, 0) is 36.4 Å². The minimum absolute atomic E-state index is 0.242. The topological polar surface area (TPSA) is 105 Å². The summed E-state index contributed by atoms with van der Waals surface area (Å²) in [6.07, 6.45) is 1.44. The van der Waals surface area contributed by atoms with E-state index in [9.17, 15) is 9.59 Å². The second kappa shape index (κ2) is 9.75. The SMILES string of the molecule is COC(=O)COc1c(C=Nn2c(-c3cc4ccccc4o3)nc3ccccc3c2=O)cccc1OC. The number of furan rings is 1. The first-order valence-electron chi connectivity index (χ1n) is 11.0. The number of benzene rings is 3. The van der Waals surface area contributed by atoms with Gasteiger partial charge in [0, 0.05) is 10.9 Å². The van der Waals surface area contributed by atoms with E-state index < -0.39 is 5.97 Å². The van der Waals surface area contributed by atoms with E-state index in [4.69, 9.17) is 13.9 Å². The lowest BCUT2D eigenvalue weighted by Crippen LogP contribution is -2.20. The molecule has 9 nitrogen and oxygen atoms in total. The molecule has 0 bridgehead atoms. The van der Waals surface area contributed by atoms with Gasteiger partial charge in [0.05, 0.1) is 31.3 Å². The van der Waals surface area contributed by atoms with E-state index in [0.717, 1.165) is 5.39 Å². The first-order valence-corrected chi connectivity index (χ1v) is 11.0. The van der Waals surface area contributed by atoms with Crippen LogP contribution >= 0.6 is 0 Å². The number of para-hydroxylation sites is 3. The maximum absolute atomic E-state index is 13.5. The van der Waals surface area contributed by atoms with Crippen molar-refractivity contribution in [3.63, 3.8) is 0 Å². The number of ether oxygens (including phenoxy) is 3. The number of fused-ring (bicyclic) bond motifs is 2. The van der Waals surface area contributed by atoms with Crippen LogP contribution in [-0.4, -0.2) is 42.7 Å². The molecule has 2 aromatic heterocycles. The minimum Gasteiger partial charge on any atom is -0.493 e. The fraction of sp³-hybridized carbons (Fsp3) is 0.111. The Hall–Kier alpha value is -4.92. The molecular formula is C27H21N3O6. The van der Waals surface area contributed by atoms with Crippen LogP contribution in [0, 0.1) is 0 Å². The Morgan fingerprint density at radius 2 is 1.86 bits per heavy atom. The molecule has 9 heteroatoms. The summed E-state index contributed by atoms with van der Waals surface area (Å²) in [5, 5.41) is 5.74. The van der Waals surface area contributed by atoms with Crippen LogP contribution in [0.1, 0.15) is 5.56 Å². The molecular weight excluding hydrogens is 462 g/mol. The van der Waals surface area contributed by atoms with Crippen LogP contribution < -0.4 is 15.0 Å². The summed E-state index contributed by atoms with van der Waals surface area (Å²) in [7, 11) is 2.76. The van der Waals surface area contributed by atoms with Crippen molar-refractivity contribution in [2.24, 2.45) is 5.10 Å². The lowest BCUT2D eigenvalue weighted by molar-refractivity contribution is -0.142. The van der Waals surface area contributed by atoms with Gasteiger partial charge in [-0.1, -0.05) is 36.4 Å². The van der Waals surface area contributed by atoms with Gasteiger partial charge in [-0.15, -0.1) is 0 Å². The standard InChI is InChI=1S/C27H21N3O6/c1-33-22-13-7-9-18(25(22)35-16-24(31)34-2)15-28-30-26(23-14-17-8-3-6-12-21(17)36-23)29-20-11-5-4-10-19(20)27(30)32/h3-15H,16H2,1-2H3. The summed E-state index contributed by atoms with van der Waals surface area (Å²) in [4.78, 5) is 29.8. The van der Waals surface area contributed by atoms with E-state index in [1.54, 1.807) is 36.4 Å². The molecule has 3 aromatic carbocycles. The second-order valence-electron chi connectivity index (χ2n) is 7.71. The van der Waals surface area contributed by atoms with Gasteiger partial charge >= 0.3 is 5.97 Å². The third-order valence-corrected chi connectivity index (χ3v) is 5.50. The van der Waals surface area contributed by atoms with Crippen LogP contribution in [0.15, 0.2) is 87.1 Å². The van der Waals surface area contributed by atoms with Crippen molar-refractivity contribution >= 4 is 34.1 Å². The predicted octanol–water partition coefficient (Wildman–Crippen LogP) is 4.25. The summed E-state index contributed by atoms with van der Waals surface area (Å²) in [6.45, 7) is -0.320. The number of hydrogen-bond acceptors (Lipinski definition) is 8. The van der Waals surface area contributed by atoms with Gasteiger partial charge in [-0.25, -0.2) is 9.78 Å². The Balaban J connectivity index is 1.66. The average Bonchev–Trinajstić information content (AvgIpc) is 3.35. The quantitative estimate of drug-likeness (QED) is 0.252. The zero-order valence-corrected chi connectivity index (χ0v) is 19.5. The van der Waals surface area contributed by atoms with Crippen LogP contribution in [0.25, 0.3) is 33.5 Å². The Morgan fingerprint density at radius 1 is 1.06 bits per heavy atom.